The third-order valence-corrected chi connectivity index (χ3v) is 7.18. The predicted molar refractivity (Wildman–Crippen MR) is 147 cm³/mol. The third-order valence-electron chi connectivity index (χ3n) is 7.18. The molecule has 0 bridgehead atoms. The third kappa shape index (κ3) is 6.69. The van der Waals surface area contributed by atoms with Crippen molar-refractivity contribution in [1.82, 2.24) is 4.90 Å². The molecule has 1 atom stereocenters. The summed E-state index contributed by atoms with van der Waals surface area (Å²) in [5.41, 5.74) is 1.66. The molecule has 1 N–H and O–H groups in total. The summed E-state index contributed by atoms with van der Waals surface area (Å²) in [5.74, 6) is 0.920. The highest BCUT2D eigenvalue weighted by Gasteiger charge is 2.38. The monoisotopic (exact) mass is 537 g/mol. The molecular formula is C31H36FNO6. The molecule has 7 nitrogen and oxygen atoms in total. The normalized spacial score (nSPS) is 16.0. The van der Waals surface area contributed by atoms with Crippen LogP contribution in [0.25, 0.3) is 0 Å². The lowest BCUT2D eigenvalue weighted by Gasteiger charge is -2.37. The van der Waals surface area contributed by atoms with Crippen LogP contribution in [0.5, 0.6) is 17.2 Å². The number of aliphatic carboxylic acids is 1. The Morgan fingerprint density at radius 1 is 0.872 bits per heavy atom. The Labute approximate surface area is 229 Å². The molecule has 3 aromatic carbocycles. The summed E-state index contributed by atoms with van der Waals surface area (Å²) >= 11 is 0. The molecular weight excluding hydrogens is 501 g/mol. The van der Waals surface area contributed by atoms with E-state index in [-0.39, 0.29) is 12.5 Å². The number of carboxylic acid groups (broad SMARTS) is 1. The molecule has 0 spiro atoms. The topological polar surface area (TPSA) is 77.5 Å². The molecule has 1 saturated heterocycles. The molecule has 1 unspecified atom stereocenters. The van der Waals surface area contributed by atoms with Gasteiger partial charge < -0.3 is 29.0 Å². The van der Waals surface area contributed by atoms with Crippen molar-refractivity contribution >= 4 is 5.97 Å². The summed E-state index contributed by atoms with van der Waals surface area (Å²) in [5, 5.41) is 9.51. The largest absolute Gasteiger partial charge is 0.497 e. The van der Waals surface area contributed by atoms with Crippen molar-refractivity contribution in [2.75, 3.05) is 53.7 Å². The minimum Gasteiger partial charge on any atom is -0.497 e. The minimum atomic E-state index is -1.00. The molecule has 8 heteroatoms. The van der Waals surface area contributed by atoms with E-state index in [1.165, 1.54) is 0 Å². The number of ether oxygens (including phenoxy) is 4. The van der Waals surface area contributed by atoms with E-state index < -0.39 is 18.2 Å². The summed E-state index contributed by atoms with van der Waals surface area (Å²) in [6, 6.07) is 23.0. The lowest BCUT2D eigenvalue weighted by molar-refractivity contribution is -0.143. The predicted octanol–water partition coefficient (Wildman–Crippen LogP) is 5.16. The second-order valence-corrected chi connectivity index (χ2v) is 9.53. The second kappa shape index (κ2) is 13.4. The van der Waals surface area contributed by atoms with E-state index >= 15 is 0 Å². The molecule has 1 aliphatic heterocycles. The van der Waals surface area contributed by atoms with Crippen molar-refractivity contribution in [2.24, 2.45) is 5.92 Å². The van der Waals surface area contributed by atoms with Gasteiger partial charge in [0.05, 0.1) is 26.7 Å². The zero-order chi connectivity index (χ0) is 27.7. The molecule has 0 aromatic heterocycles. The molecule has 0 aliphatic carbocycles. The first-order valence-corrected chi connectivity index (χ1v) is 13.2. The summed E-state index contributed by atoms with van der Waals surface area (Å²) in [4.78, 5) is 13.7. The SMILES string of the molecule is COc1ccc(C(OCCN2CCCC(C(=O)O)C2)(c2ccc(OC)cc2)c2ccc(OCCF)cc2)cc1. The van der Waals surface area contributed by atoms with Gasteiger partial charge in [0.2, 0.25) is 0 Å². The van der Waals surface area contributed by atoms with Gasteiger partial charge in [0.1, 0.15) is 36.1 Å². The van der Waals surface area contributed by atoms with Gasteiger partial charge in [-0.2, -0.15) is 0 Å². The Morgan fingerprint density at radius 3 is 1.85 bits per heavy atom. The maximum Gasteiger partial charge on any atom is 0.307 e. The highest BCUT2D eigenvalue weighted by atomic mass is 19.1. The number of halogens is 1. The first-order valence-electron chi connectivity index (χ1n) is 13.2. The van der Waals surface area contributed by atoms with Gasteiger partial charge in [-0.3, -0.25) is 4.79 Å². The second-order valence-electron chi connectivity index (χ2n) is 9.53. The molecule has 0 saturated carbocycles. The molecule has 208 valence electrons. The zero-order valence-corrected chi connectivity index (χ0v) is 22.5. The van der Waals surface area contributed by atoms with Crippen LogP contribution in [0.1, 0.15) is 29.5 Å². The molecule has 0 amide bonds. The van der Waals surface area contributed by atoms with Gasteiger partial charge in [0.15, 0.2) is 0 Å². The van der Waals surface area contributed by atoms with Crippen molar-refractivity contribution in [3.8, 4) is 17.2 Å². The van der Waals surface area contributed by atoms with Crippen LogP contribution in [0, 0.1) is 5.92 Å². The zero-order valence-electron chi connectivity index (χ0n) is 22.5. The van der Waals surface area contributed by atoms with E-state index in [2.05, 4.69) is 4.90 Å². The number of likely N-dealkylation sites (tertiary alicyclic amines) is 1. The number of nitrogens with zero attached hydrogens (tertiary/aromatic N) is 1. The number of benzene rings is 3. The molecule has 39 heavy (non-hydrogen) atoms. The summed E-state index contributed by atoms with van der Waals surface area (Å²) in [6.07, 6.45) is 1.55. The lowest BCUT2D eigenvalue weighted by Crippen LogP contribution is -2.42. The number of alkyl halides is 1. The van der Waals surface area contributed by atoms with Gasteiger partial charge in [-0.1, -0.05) is 36.4 Å². The van der Waals surface area contributed by atoms with Gasteiger partial charge in [-0.15, -0.1) is 0 Å². The van der Waals surface area contributed by atoms with Crippen molar-refractivity contribution in [3.05, 3.63) is 89.5 Å². The van der Waals surface area contributed by atoms with E-state index in [0.717, 1.165) is 41.2 Å². The summed E-state index contributed by atoms with van der Waals surface area (Å²) in [7, 11) is 3.25. The Hall–Kier alpha value is -3.62. The maximum atomic E-state index is 12.7. The van der Waals surface area contributed by atoms with Crippen LogP contribution in [-0.4, -0.2) is 69.7 Å². The highest BCUT2D eigenvalue weighted by molar-refractivity contribution is 5.70. The fourth-order valence-corrected chi connectivity index (χ4v) is 5.13. The van der Waals surface area contributed by atoms with E-state index in [1.54, 1.807) is 14.2 Å². The molecule has 1 aliphatic rings. The van der Waals surface area contributed by atoms with Gasteiger partial charge in [-0.25, -0.2) is 4.39 Å². The molecule has 0 radical (unpaired) electrons. The van der Waals surface area contributed by atoms with Crippen LogP contribution in [-0.2, 0) is 15.1 Å². The van der Waals surface area contributed by atoms with Crippen molar-refractivity contribution < 1.29 is 33.2 Å². The van der Waals surface area contributed by atoms with Crippen molar-refractivity contribution in [3.63, 3.8) is 0 Å². The Kier molecular flexibility index (Phi) is 9.79. The van der Waals surface area contributed by atoms with Gasteiger partial charge in [0.25, 0.3) is 0 Å². The van der Waals surface area contributed by atoms with Crippen molar-refractivity contribution in [1.29, 1.82) is 0 Å². The number of rotatable bonds is 13. The summed E-state index contributed by atoms with van der Waals surface area (Å²) < 4.78 is 35.9. The number of methoxy groups -OCH3 is 2. The fraction of sp³-hybridized carbons (Fsp3) is 0.387. The van der Waals surface area contributed by atoms with Crippen molar-refractivity contribution in [2.45, 2.75) is 18.4 Å². The van der Waals surface area contributed by atoms with E-state index in [4.69, 9.17) is 18.9 Å². The van der Waals surface area contributed by atoms with Crippen LogP contribution in [0.3, 0.4) is 0 Å². The molecule has 1 fully saturated rings. The molecule has 3 aromatic rings. The standard InChI is InChI=1S/C31H36FNO6/c1-36-27-11-5-24(6-12-27)31(25-7-13-28(37-2)14-8-25,26-9-15-29(16-10-26)38-20-17-32)39-21-19-33-18-3-4-23(22-33)30(34)35/h5-16,23H,3-4,17-22H2,1-2H3,(H,34,35). The Morgan fingerprint density at radius 2 is 1.38 bits per heavy atom. The quantitative estimate of drug-likeness (QED) is 0.302. The fourth-order valence-electron chi connectivity index (χ4n) is 5.13. The summed E-state index contributed by atoms with van der Waals surface area (Å²) in [6.45, 7) is 1.74. The maximum absolute atomic E-state index is 12.7. The van der Waals surface area contributed by atoms with Gasteiger partial charge in [0, 0.05) is 13.1 Å². The van der Waals surface area contributed by atoms with Gasteiger partial charge >= 0.3 is 5.97 Å². The number of carbonyl (C=O) groups is 1. The average Bonchev–Trinajstić information content (AvgIpc) is 2.99. The first kappa shape index (κ1) is 28.4. The van der Waals surface area contributed by atoms with E-state index in [1.807, 2.05) is 72.8 Å². The smallest absolute Gasteiger partial charge is 0.307 e. The van der Waals surface area contributed by atoms with Gasteiger partial charge in [-0.05, 0) is 72.5 Å². The number of piperidine rings is 1. The Balaban J connectivity index is 1.73. The lowest BCUT2D eigenvalue weighted by atomic mass is 9.80. The van der Waals surface area contributed by atoms with Crippen LogP contribution in [0.4, 0.5) is 4.39 Å². The highest BCUT2D eigenvalue weighted by Crippen LogP contribution is 2.42. The van der Waals surface area contributed by atoms with E-state index in [9.17, 15) is 14.3 Å². The van der Waals surface area contributed by atoms with Crippen LogP contribution >= 0.6 is 0 Å². The average molecular weight is 538 g/mol. The first-order chi connectivity index (χ1) is 19.0. The van der Waals surface area contributed by atoms with Crippen LogP contribution < -0.4 is 14.2 Å². The Bertz CT molecular complexity index is 1140. The number of hydrogen-bond acceptors (Lipinski definition) is 6. The van der Waals surface area contributed by atoms with E-state index in [0.29, 0.717) is 31.9 Å². The molecule has 1 heterocycles. The van der Waals surface area contributed by atoms with Crippen LogP contribution in [0.15, 0.2) is 72.8 Å². The minimum absolute atomic E-state index is 0.00881. The number of carboxylic acids is 1. The number of hydrogen-bond donors (Lipinski definition) is 1. The van der Waals surface area contributed by atoms with Crippen LogP contribution in [0.2, 0.25) is 0 Å². The molecule has 4 rings (SSSR count).